The molecule has 144 valence electrons. The summed E-state index contributed by atoms with van der Waals surface area (Å²) in [4.78, 5) is 23.8. The average Bonchev–Trinajstić information content (AvgIpc) is 2.63. The third kappa shape index (κ3) is 5.25. The summed E-state index contributed by atoms with van der Waals surface area (Å²) in [7, 11) is 1.53. The van der Waals surface area contributed by atoms with E-state index in [2.05, 4.69) is 13.9 Å². The van der Waals surface area contributed by atoms with Crippen LogP contribution in [0.5, 0.6) is 5.75 Å². The Morgan fingerprint density at radius 1 is 1.26 bits per heavy atom. The Morgan fingerprint density at radius 3 is 2.67 bits per heavy atom. The van der Waals surface area contributed by atoms with Gasteiger partial charge in [-0.3, -0.25) is 14.5 Å². The van der Waals surface area contributed by atoms with Gasteiger partial charge in [-0.05, 0) is 37.2 Å². The lowest BCUT2D eigenvalue weighted by molar-refractivity contribution is 0.471. The normalized spacial score (nSPS) is 11.5. The van der Waals surface area contributed by atoms with E-state index >= 15 is 0 Å². The van der Waals surface area contributed by atoms with Crippen molar-refractivity contribution in [3.05, 3.63) is 68.7 Å². The van der Waals surface area contributed by atoms with Crippen molar-refractivity contribution in [2.75, 3.05) is 11.8 Å². The molecule has 3 rings (SSSR count). The molecule has 0 fully saturated rings. The Kier molecular flexibility index (Phi) is 6.85. The zero-order valence-electron chi connectivity index (χ0n) is 14.5. The summed E-state index contributed by atoms with van der Waals surface area (Å²) < 4.78 is 34.2. The minimum absolute atomic E-state index is 0.0544. The summed E-state index contributed by atoms with van der Waals surface area (Å²) in [5.74, 6) is -1.22. The van der Waals surface area contributed by atoms with Crippen molar-refractivity contribution >= 4 is 27.8 Å². The third-order valence-corrected chi connectivity index (χ3v) is 4.25. The Hall–Kier alpha value is -2.98. The molecule has 0 aliphatic heterocycles. The number of aromatic hydroxyl groups is 1. The maximum absolute atomic E-state index is 13.5. The number of halogens is 1. The summed E-state index contributed by atoms with van der Waals surface area (Å²) in [6.07, 6.45) is 0.619. The SMILES string of the molecule is CCc1cccc(NS(=O)NC)c1F.O=c1[nH]c(=O)c2ccc(O)cc2o1. The number of nitrogens with one attached hydrogen (secondary N) is 3. The summed E-state index contributed by atoms with van der Waals surface area (Å²) in [5.41, 5.74) is 0.431. The van der Waals surface area contributed by atoms with Crippen LogP contribution in [0.15, 0.2) is 50.4 Å². The molecular formula is C17H18FN3O5S. The van der Waals surface area contributed by atoms with Gasteiger partial charge in [0.05, 0.1) is 11.1 Å². The van der Waals surface area contributed by atoms with Gasteiger partial charge in [-0.2, -0.15) is 0 Å². The molecule has 4 N–H and O–H groups in total. The number of H-pyrrole nitrogens is 1. The molecular weight excluding hydrogens is 377 g/mol. The van der Waals surface area contributed by atoms with E-state index in [4.69, 9.17) is 5.11 Å². The van der Waals surface area contributed by atoms with E-state index in [0.29, 0.717) is 12.0 Å². The van der Waals surface area contributed by atoms with Crippen LogP contribution in [0.25, 0.3) is 11.0 Å². The van der Waals surface area contributed by atoms with Crippen molar-refractivity contribution in [1.82, 2.24) is 9.71 Å². The van der Waals surface area contributed by atoms with Crippen molar-refractivity contribution in [3.63, 3.8) is 0 Å². The maximum Gasteiger partial charge on any atom is 0.419 e. The van der Waals surface area contributed by atoms with E-state index in [-0.39, 0.29) is 28.2 Å². The van der Waals surface area contributed by atoms with E-state index in [1.165, 1.54) is 25.2 Å². The molecule has 1 heterocycles. The van der Waals surface area contributed by atoms with Crippen LogP contribution in [0.4, 0.5) is 10.1 Å². The number of rotatable bonds is 4. The highest BCUT2D eigenvalue weighted by molar-refractivity contribution is 7.84. The van der Waals surface area contributed by atoms with Crippen molar-refractivity contribution in [2.45, 2.75) is 13.3 Å². The predicted molar refractivity (Wildman–Crippen MR) is 101 cm³/mol. The maximum atomic E-state index is 13.5. The molecule has 1 unspecified atom stereocenters. The van der Waals surface area contributed by atoms with E-state index in [1.54, 1.807) is 18.2 Å². The monoisotopic (exact) mass is 395 g/mol. The number of phenols is 1. The van der Waals surface area contributed by atoms with Gasteiger partial charge in [-0.1, -0.05) is 19.1 Å². The van der Waals surface area contributed by atoms with Crippen LogP contribution in [0.2, 0.25) is 0 Å². The van der Waals surface area contributed by atoms with E-state index < -0.39 is 22.5 Å². The van der Waals surface area contributed by atoms with Gasteiger partial charge in [0.15, 0.2) is 11.2 Å². The predicted octanol–water partition coefficient (Wildman–Crippen LogP) is 1.78. The minimum Gasteiger partial charge on any atom is -0.508 e. The molecule has 0 radical (unpaired) electrons. The second-order valence-corrected chi connectivity index (χ2v) is 6.38. The van der Waals surface area contributed by atoms with Crippen LogP contribution in [0.1, 0.15) is 12.5 Å². The zero-order valence-corrected chi connectivity index (χ0v) is 15.4. The van der Waals surface area contributed by atoms with Crippen molar-refractivity contribution < 1.29 is 18.1 Å². The van der Waals surface area contributed by atoms with Gasteiger partial charge >= 0.3 is 5.76 Å². The molecule has 0 aliphatic carbocycles. The molecule has 0 amide bonds. The lowest BCUT2D eigenvalue weighted by Gasteiger charge is -2.08. The standard InChI is InChI=1S/C9H13FN2OS.C8H5NO4/c1-3-7-5-4-6-8(9(7)10)12-14(13)11-2;10-4-1-2-5-6(3-4)13-8(12)9-7(5)11/h4-6,11-12H,3H2,1-2H3;1-3,10H,(H,9,11,12). The summed E-state index contributed by atoms with van der Waals surface area (Å²) >= 11 is -1.44. The second-order valence-electron chi connectivity index (χ2n) is 5.23. The molecule has 2 aromatic carbocycles. The molecule has 0 spiro atoms. The highest BCUT2D eigenvalue weighted by Crippen LogP contribution is 2.18. The highest BCUT2D eigenvalue weighted by Gasteiger charge is 2.07. The molecule has 3 aromatic rings. The smallest absolute Gasteiger partial charge is 0.419 e. The quantitative estimate of drug-likeness (QED) is 0.536. The lowest BCUT2D eigenvalue weighted by atomic mass is 10.1. The summed E-state index contributed by atoms with van der Waals surface area (Å²) in [6.45, 7) is 1.87. The first-order chi connectivity index (χ1) is 12.8. The van der Waals surface area contributed by atoms with Crippen molar-refractivity contribution in [3.8, 4) is 5.75 Å². The topological polar surface area (TPSA) is 124 Å². The molecule has 0 bridgehead atoms. The zero-order chi connectivity index (χ0) is 20.0. The van der Waals surface area contributed by atoms with Gasteiger partial charge in [0.1, 0.15) is 17.1 Å². The fraction of sp³-hybridized carbons (Fsp3) is 0.176. The Labute approximate surface area is 155 Å². The fourth-order valence-electron chi connectivity index (χ4n) is 2.15. The number of fused-ring (bicyclic) bond motifs is 1. The number of aromatic nitrogens is 1. The van der Waals surface area contributed by atoms with E-state index in [0.717, 1.165) is 0 Å². The molecule has 0 saturated heterocycles. The lowest BCUT2D eigenvalue weighted by Crippen LogP contribution is -2.19. The Balaban J connectivity index is 0.000000194. The first kappa shape index (κ1) is 20.3. The van der Waals surface area contributed by atoms with Gasteiger partial charge in [0.2, 0.25) is 0 Å². The third-order valence-electron chi connectivity index (χ3n) is 3.48. The number of aryl methyl sites for hydroxylation is 1. The van der Waals surface area contributed by atoms with Crippen LogP contribution < -0.4 is 20.8 Å². The molecule has 0 aliphatic rings. The minimum atomic E-state index is -1.44. The number of phenolic OH excluding ortho intramolecular Hbond substituents is 1. The first-order valence-electron chi connectivity index (χ1n) is 7.85. The Morgan fingerprint density at radius 2 is 2.00 bits per heavy atom. The summed E-state index contributed by atoms with van der Waals surface area (Å²) in [6, 6.07) is 8.94. The molecule has 0 saturated carbocycles. The number of hydrogen-bond donors (Lipinski definition) is 4. The highest BCUT2D eigenvalue weighted by atomic mass is 32.2. The number of benzene rings is 2. The van der Waals surface area contributed by atoms with Gasteiger partial charge in [-0.25, -0.2) is 18.1 Å². The number of hydrogen-bond acceptors (Lipinski definition) is 5. The molecule has 1 aromatic heterocycles. The second kappa shape index (κ2) is 9.10. The van der Waals surface area contributed by atoms with Gasteiger partial charge < -0.3 is 9.52 Å². The number of anilines is 1. The number of aromatic amines is 1. The van der Waals surface area contributed by atoms with Gasteiger partial charge in [0, 0.05) is 6.07 Å². The van der Waals surface area contributed by atoms with Crippen LogP contribution in [0, 0.1) is 5.82 Å². The van der Waals surface area contributed by atoms with Crippen LogP contribution in [-0.4, -0.2) is 21.3 Å². The van der Waals surface area contributed by atoms with Crippen LogP contribution >= 0.6 is 0 Å². The van der Waals surface area contributed by atoms with Crippen LogP contribution in [0.3, 0.4) is 0 Å². The Bertz CT molecular complexity index is 1080. The van der Waals surface area contributed by atoms with Crippen molar-refractivity contribution in [1.29, 1.82) is 0 Å². The first-order valence-corrected chi connectivity index (χ1v) is 9.00. The van der Waals surface area contributed by atoms with E-state index in [1.807, 2.05) is 11.9 Å². The summed E-state index contributed by atoms with van der Waals surface area (Å²) in [5, 5.41) is 9.27. The van der Waals surface area contributed by atoms with E-state index in [9.17, 15) is 18.2 Å². The largest absolute Gasteiger partial charge is 0.508 e. The molecule has 1 atom stereocenters. The molecule has 10 heteroatoms. The van der Waals surface area contributed by atoms with Gasteiger partial charge in [-0.15, -0.1) is 0 Å². The fourth-order valence-corrected chi connectivity index (χ4v) is 2.61. The molecule has 27 heavy (non-hydrogen) atoms. The van der Waals surface area contributed by atoms with Crippen molar-refractivity contribution in [2.24, 2.45) is 0 Å². The average molecular weight is 395 g/mol. The van der Waals surface area contributed by atoms with Gasteiger partial charge in [0.25, 0.3) is 5.56 Å². The molecule has 8 nitrogen and oxygen atoms in total. The van der Waals surface area contributed by atoms with Crippen LogP contribution in [-0.2, 0) is 17.6 Å².